The molecule has 3 saturated carbocycles. The van der Waals surface area contributed by atoms with E-state index in [1.54, 1.807) is 0 Å². The predicted octanol–water partition coefficient (Wildman–Crippen LogP) is 5.11. The van der Waals surface area contributed by atoms with Crippen molar-refractivity contribution in [2.24, 2.45) is 17.8 Å². The Bertz CT molecular complexity index is 945. The molecular weight excluding hydrogens is 360 g/mol. The molecule has 29 heavy (non-hydrogen) atoms. The Morgan fingerprint density at radius 1 is 1.24 bits per heavy atom. The van der Waals surface area contributed by atoms with E-state index in [-0.39, 0.29) is 12.0 Å². The number of hydrogen-bond donors (Lipinski definition) is 2. The van der Waals surface area contributed by atoms with Crippen LogP contribution in [-0.2, 0) is 4.79 Å². The Balaban J connectivity index is 1.22. The zero-order chi connectivity index (χ0) is 19.7. The molecule has 2 saturated heterocycles. The van der Waals surface area contributed by atoms with Crippen LogP contribution in [0.4, 0.5) is 0 Å². The number of hydrogen-bond acceptors (Lipinski definition) is 2. The topological polar surface area (TPSA) is 56.3 Å². The summed E-state index contributed by atoms with van der Waals surface area (Å²) >= 11 is 0. The molecule has 3 aliphatic carbocycles. The number of nitrogens with zero attached hydrogens (tertiary/aromatic N) is 1. The van der Waals surface area contributed by atoms with Gasteiger partial charge in [0, 0.05) is 29.2 Å². The predicted molar refractivity (Wildman–Crippen MR) is 114 cm³/mol. The minimum atomic E-state index is -0.553. The van der Waals surface area contributed by atoms with Crippen molar-refractivity contribution in [3.63, 3.8) is 0 Å². The van der Waals surface area contributed by atoms with Crippen LogP contribution in [0.5, 0.6) is 0 Å². The maximum Gasteiger partial charge on any atom is 0.308 e. The summed E-state index contributed by atoms with van der Waals surface area (Å²) in [5.41, 5.74) is 4.27. The average molecular weight is 393 g/mol. The summed E-state index contributed by atoms with van der Waals surface area (Å²) in [6.07, 6.45) is 10.7. The van der Waals surface area contributed by atoms with Gasteiger partial charge >= 0.3 is 5.97 Å². The van der Waals surface area contributed by atoms with Crippen LogP contribution in [0.25, 0.3) is 10.9 Å². The molecule has 3 heterocycles. The van der Waals surface area contributed by atoms with Gasteiger partial charge in [-0.2, -0.15) is 0 Å². The molecule has 2 aliphatic heterocycles. The van der Waals surface area contributed by atoms with Gasteiger partial charge in [0.1, 0.15) is 0 Å². The molecule has 0 spiro atoms. The van der Waals surface area contributed by atoms with Crippen LogP contribution in [0, 0.1) is 17.8 Å². The fourth-order valence-corrected chi connectivity index (χ4v) is 7.20. The first-order chi connectivity index (χ1) is 14.1. The van der Waals surface area contributed by atoms with Crippen molar-refractivity contribution in [1.82, 2.24) is 9.88 Å². The number of carboxylic acid groups (broad SMARTS) is 1. The van der Waals surface area contributed by atoms with Gasteiger partial charge in [-0.3, -0.25) is 9.69 Å². The second-order valence-corrected chi connectivity index (χ2v) is 10.4. The minimum Gasteiger partial charge on any atom is -0.481 e. The van der Waals surface area contributed by atoms with E-state index in [2.05, 4.69) is 41.2 Å². The summed E-state index contributed by atoms with van der Waals surface area (Å²) < 4.78 is 0. The highest BCUT2D eigenvalue weighted by Crippen LogP contribution is 2.52. The molecule has 6 atom stereocenters. The van der Waals surface area contributed by atoms with E-state index in [9.17, 15) is 9.90 Å². The lowest BCUT2D eigenvalue weighted by molar-refractivity contribution is -0.163. The second-order valence-electron chi connectivity index (χ2n) is 10.4. The van der Waals surface area contributed by atoms with Gasteiger partial charge in [0.2, 0.25) is 0 Å². The number of nitrogens with one attached hydrogen (secondary N) is 1. The zero-order valence-corrected chi connectivity index (χ0v) is 17.3. The lowest BCUT2D eigenvalue weighted by Crippen LogP contribution is -2.64. The standard InChI is InChI=1S/C25H32N2O2/c1-14(20-13-26-21-4-2-3-19(24(20)21)16-5-6-16)7-8-27-18-10-15-9-17(12-18)23(25(28)29)22(27)11-15/h2-4,13-18,22-23,26H,5-12H2,1H3,(H,28,29). The molecule has 5 aliphatic rings. The van der Waals surface area contributed by atoms with E-state index < -0.39 is 5.97 Å². The Morgan fingerprint density at radius 3 is 2.90 bits per heavy atom. The van der Waals surface area contributed by atoms with Gasteiger partial charge in [-0.15, -0.1) is 0 Å². The van der Waals surface area contributed by atoms with Crippen molar-refractivity contribution in [2.75, 3.05) is 6.54 Å². The highest BCUT2D eigenvalue weighted by atomic mass is 16.4. The Labute approximate surface area is 172 Å². The molecule has 7 rings (SSSR count). The minimum absolute atomic E-state index is 0.132. The fraction of sp³-hybridized carbons (Fsp3) is 0.640. The van der Waals surface area contributed by atoms with E-state index in [4.69, 9.17) is 0 Å². The average Bonchev–Trinajstić information content (AvgIpc) is 3.44. The smallest absolute Gasteiger partial charge is 0.308 e. The van der Waals surface area contributed by atoms with Crippen LogP contribution in [0.15, 0.2) is 24.4 Å². The number of carboxylic acids is 1. The van der Waals surface area contributed by atoms with Crippen molar-refractivity contribution >= 4 is 16.9 Å². The molecule has 0 radical (unpaired) electrons. The van der Waals surface area contributed by atoms with Gasteiger partial charge in [0.15, 0.2) is 0 Å². The lowest BCUT2D eigenvalue weighted by Gasteiger charge is -2.59. The number of rotatable bonds is 6. The van der Waals surface area contributed by atoms with Gasteiger partial charge in [0.25, 0.3) is 0 Å². The molecule has 4 nitrogen and oxygen atoms in total. The van der Waals surface area contributed by atoms with Crippen molar-refractivity contribution in [2.45, 2.75) is 75.8 Å². The van der Waals surface area contributed by atoms with Gasteiger partial charge in [0.05, 0.1) is 5.92 Å². The van der Waals surface area contributed by atoms with Crippen LogP contribution in [0.1, 0.15) is 74.8 Å². The highest BCUT2D eigenvalue weighted by Gasteiger charge is 2.54. The molecule has 4 bridgehead atoms. The molecule has 2 aromatic rings. The van der Waals surface area contributed by atoms with Crippen LogP contribution in [-0.4, -0.2) is 39.6 Å². The first kappa shape index (κ1) is 18.0. The quantitative estimate of drug-likeness (QED) is 0.718. The van der Waals surface area contributed by atoms with E-state index in [0.717, 1.165) is 44.1 Å². The SMILES string of the molecule is CC(CCN1C2CC3CC(C2)C(C(=O)O)C1C3)c1c[nH]c2cccc(C3CC3)c12. The summed E-state index contributed by atoms with van der Waals surface area (Å²) in [5.74, 6) is 1.77. The van der Waals surface area contributed by atoms with Gasteiger partial charge in [-0.25, -0.2) is 0 Å². The van der Waals surface area contributed by atoms with Crippen LogP contribution < -0.4 is 0 Å². The van der Waals surface area contributed by atoms with Gasteiger partial charge < -0.3 is 10.1 Å². The maximum absolute atomic E-state index is 12.0. The largest absolute Gasteiger partial charge is 0.481 e. The Kier molecular flexibility index (Phi) is 4.09. The number of H-pyrrole nitrogens is 1. The second kappa shape index (κ2) is 6.60. The number of aliphatic carboxylic acids is 1. The number of aromatic amines is 1. The molecule has 5 fully saturated rings. The molecule has 0 amide bonds. The number of carbonyl (C=O) groups is 1. The summed E-state index contributed by atoms with van der Waals surface area (Å²) in [7, 11) is 0. The Morgan fingerprint density at radius 2 is 2.10 bits per heavy atom. The molecule has 2 N–H and O–H groups in total. The van der Waals surface area contributed by atoms with Crippen molar-refractivity contribution in [1.29, 1.82) is 0 Å². The number of aromatic nitrogens is 1. The monoisotopic (exact) mass is 392 g/mol. The normalized spacial score (nSPS) is 34.7. The van der Waals surface area contributed by atoms with Crippen LogP contribution in [0.2, 0.25) is 0 Å². The van der Waals surface area contributed by atoms with Crippen LogP contribution >= 0.6 is 0 Å². The van der Waals surface area contributed by atoms with E-state index >= 15 is 0 Å². The van der Waals surface area contributed by atoms with Crippen molar-refractivity contribution in [3.8, 4) is 0 Å². The van der Waals surface area contributed by atoms with E-state index in [0.29, 0.717) is 17.9 Å². The molecule has 1 aromatic heterocycles. The fourth-order valence-electron chi connectivity index (χ4n) is 7.20. The van der Waals surface area contributed by atoms with Crippen molar-refractivity contribution < 1.29 is 9.90 Å². The third-order valence-electron chi connectivity index (χ3n) is 8.63. The zero-order valence-electron chi connectivity index (χ0n) is 17.3. The maximum atomic E-state index is 12.0. The molecule has 154 valence electrons. The number of piperidine rings is 2. The summed E-state index contributed by atoms with van der Waals surface area (Å²) in [5, 5.41) is 11.3. The van der Waals surface area contributed by atoms with E-state index in [1.807, 2.05) is 0 Å². The van der Waals surface area contributed by atoms with Crippen LogP contribution in [0.3, 0.4) is 0 Å². The van der Waals surface area contributed by atoms with Gasteiger partial charge in [-0.05, 0) is 92.4 Å². The molecule has 1 aromatic carbocycles. The highest BCUT2D eigenvalue weighted by molar-refractivity contribution is 5.88. The molecular formula is C25H32N2O2. The first-order valence-electron chi connectivity index (χ1n) is 11.7. The molecule has 4 heteroatoms. The van der Waals surface area contributed by atoms with E-state index in [1.165, 1.54) is 41.3 Å². The summed E-state index contributed by atoms with van der Waals surface area (Å²) in [6, 6.07) is 7.62. The van der Waals surface area contributed by atoms with Gasteiger partial charge in [-0.1, -0.05) is 19.1 Å². The third kappa shape index (κ3) is 2.86. The first-order valence-corrected chi connectivity index (χ1v) is 11.7. The summed E-state index contributed by atoms with van der Waals surface area (Å²) in [4.78, 5) is 18.1. The summed E-state index contributed by atoms with van der Waals surface area (Å²) in [6.45, 7) is 3.40. The third-order valence-corrected chi connectivity index (χ3v) is 8.63. The van der Waals surface area contributed by atoms with Crippen molar-refractivity contribution in [3.05, 3.63) is 35.5 Å². The molecule has 6 unspecified atom stereocenters. The number of fused-ring (bicyclic) bond motifs is 1. The lowest BCUT2D eigenvalue weighted by atomic mass is 9.58. The number of benzene rings is 1. The Hall–Kier alpha value is -1.81.